The molecule has 1 atom stereocenters. The van der Waals surface area contributed by atoms with Crippen molar-refractivity contribution < 1.29 is 14.7 Å². The molecule has 6 nitrogen and oxygen atoms in total. The van der Waals surface area contributed by atoms with Gasteiger partial charge in [-0.1, -0.05) is 12.1 Å². The number of hydrogen-bond acceptors (Lipinski definition) is 3. The maximum atomic E-state index is 12.7. The van der Waals surface area contributed by atoms with E-state index < -0.39 is 5.97 Å². The number of imidazole rings is 1. The Kier molecular flexibility index (Phi) is 3.53. The molecule has 6 heteroatoms. The molecule has 0 aliphatic heterocycles. The number of aromatic carboxylic acids is 1. The highest BCUT2D eigenvalue weighted by Crippen LogP contribution is 2.32. The molecule has 0 bridgehead atoms. The zero-order chi connectivity index (χ0) is 17.6. The smallest absolute Gasteiger partial charge is 0.335 e. The molecule has 2 heterocycles. The molecule has 126 valence electrons. The predicted molar refractivity (Wildman–Crippen MR) is 91.9 cm³/mol. The third-order valence-electron chi connectivity index (χ3n) is 4.66. The van der Waals surface area contributed by atoms with Crippen molar-refractivity contribution in [3.63, 3.8) is 0 Å². The van der Waals surface area contributed by atoms with Crippen LogP contribution in [0.15, 0.2) is 42.7 Å². The van der Waals surface area contributed by atoms with E-state index in [0.29, 0.717) is 5.69 Å². The van der Waals surface area contributed by atoms with Gasteiger partial charge >= 0.3 is 5.97 Å². The van der Waals surface area contributed by atoms with Gasteiger partial charge in [-0.25, -0.2) is 9.78 Å². The Morgan fingerprint density at radius 1 is 1.28 bits per heavy atom. The Balaban J connectivity index is 1.60. The summed E-state index contributed by atoms with van der Waals surface area (Å²) in [5.41, 5.74) is 4.53. The van der Waals surface area contributed by atoms with E-state index in [-0.39, 0.29) is 17.5 Å². The van der Waals surface area contributed by atoms with Gasteiger partial charge in [0.05, 0.1) is 17.8 Å². The van der Waals surface area contributed by atoms with Crippen molar-refractivity contribution in [1.29, 1.82) is 0 Å². The second-order valence-electron chi connectivity index (χ2n) is 6.36. The second kappa shape index (κ2) is 5.73. The van der Waals surface area contributed by atoms with Crippen LogP contribution in [-0.4, -0.2) is 26.4 Å². The van der Waals surface area contributed by atoms with Crippen LogP contribution in [0.25, 0.3) is 5.65 Å². The second-order valence-corrected chi connectivity index (χ2v) is 6.36. The summed E-state index contributed by atoms with van der Waals surface area (Å²) in [6.07, 6.45) is 4.99. The van der Waals surface area contributed by atoms with Gasteiger partial charge in [-0.05, 0) is 54.7 Å². The molecule has 0 fully saturated rings. The average molecular weight is 335 g/mol. The fourth-order valence-electron chi connectivity index (χ4n) is 3.39. The van der Waals surface area contributed by atoms with Crippen LogP contribution in [0.5, 0.6) is 0 Å². The highest BCUT2D eigenvalue weighted by molar-refractivity contribution is 5.93. The summed E-state index contributed by atoms with van der Waals surface area (Å²) in [6, 6.07) is 8.81. The van der Waals surface area contributed by atoms with E-state index in [1.54, 1.807) is 28.8 Å². The molecule has 4 rings (SSSR count). The summed E-state index contributed by atoms with van der Waals surface area (Å²) in [7, 11) is 0. The summed E-state index contributed by atoms with van der Waals surface area (Å²) >= 11 is 0. The number of benzene rings is 1. The SMILES string of the molecule is Cc1ccc2ncc(C(=O)N[C@@H]3CCc4cc(C(=O)O)ccc43)n2c1. The number of hydrogen-bond donors (Lipinski definition) is 2. The van der Waals surface area contributed by atoms with E-state index in [1.165, 1.54) is 0 Å². The first-order chi connectivity index (χ1) is 12.0. The number of pyridine rings is 1. The van der Waals surface area contributed by atoms with Crippen molar-refractivity contribution in [3.8, 4) is 0 Å². The third-order valence-corrected chi connectivity index (χ3v) is 4.66. The van der Waals surface area contributed by atoms with Crippen molar-refractivity contribution in [3.05, 3.63) is 70.7 Å². The van der Waals surface area contributed by atoms with Gasteiger partial charge < -0.3 is 10.4 Å². The van der Waals surface area contributed by atoms with Crippen LogP contribution in [0, 0.1) is 6.92 Å². The van der Waals surface area contributed by atoms with Gasteiger partial charge in [0.1, 0.15) is 11.3 Å². The molecule has 0 unspecified atom stereocenters. The van der Waals surface area contributed by atoms with Gasteiger partial charge in [0, 0.05) is 6.20 Å². The van der Waals surface area contributed by atoms with Crippen molar-refractivity contribution >= 4 is 17.5 Å². The lowest BCUT2D eigenvalue weighted by Gasteiger charge is -2.14. The van der Waals surface area contributed by atoms with E-state index in [4.69, 9.17) is 5.11 Å². The highest BCUT2D eigenvalue weighted by Gasteiger charge is 2.26. The topological polar surface area (TPSA) is 83.7 Å². The molecule has 1 aliphatic carbocycles. The lowest BCUT2D eigenvalue weighted by Crippen LogP contribution is -2.28. The van der Waals surface area contributed by atoms with Crippen LogP contribution in [0.2, 0.25) is 0 Å². The van der Waals surface area contributed by atoms with Crippen molar-refractivity contribution in [1.82, 2.24) is 14.7 Å². The lowest BCUT2D eigenvalue weighted by atomic mass is 10.0. The Hall–Kier alpha value is -3.15. The monoisotopic (exact) mass is 335 g/mol. The maximum absolute atomic E-state index is 12.7. The van der Waals surface area contributed by atoms with Gasteiger partial charge in [-0.2, -0.15) is 0 Å². The molecule has 2 aromatic heterocycles. The van der Waals surface area contributed by atoms with E-state index in [2.05, 4.69) is 10.3 Å². The van der Waals surface area contributed by atoms with Gasteiger partial charge in [0.15, 0.2) is 0 Å². The molecule has 2 N–H and O–H groups in total. The van der Waals surface area contributed by atoms with E-state index in [0.717, 1.165) is 35.2 Å². The van der Waals surface area contributed by atoms with E-state index in [9.17, 15) is 9.59 Å². The summed E-state index contributed by atoms with van der Waals surface area (Å²) in [4.78, 5) is 28.1. The van der Waals surface area contributed by atoms with Gasteiger partial charge in [-0.15, -0.1) is 0 Å². The average Bonchev–Trinajstić information content (AvgIpc) is 3.18. The van der Waals surface area contributed by atoms with Gasteiger partial charge in [0.25, 0.3) is 5.91 Å². The van der Waals surface area contributed by atoms with Crippen molar-refractivity contribution in [2.24, 2.45) is 0 Å². The van der Waals surface area contributed by atoms with Crippen LogP contribution in [0.1, 0.15) is 50.0 Å². The normalized spacial score (nSPS) is 16.0. The number of amides is 1. The summed E-state index contributed by atoms with van der Waals surface area (Å²) in [5, 5.41) is 12.1. The fourth-order valence-corrected chi connectivity index (χ4v) is 3.39. The number of carboxylic acid groups (broad SMARTS) is 1. The number of nitrogens with zero attached hydrogens (tertiary/aromatic N) is 2. The molecular formula is C19H17N3O3. The molecule has 25 heavy (non-hydrogen) atoms. The third kappa shape index (κ3) is 2.65. The molecule has 1 amide bonds. The van der Waals surface area contributed by atoms with Gasteiger partial charge in [0.2, 0.25) is 0 Å². The standard InChI is InChI=1S/C19H17N3O3/c1-11-2-7-17-20-9-16(22(17)10-11)18(23)21-15-6-4-12-8-13(19(24)25)3-5-14(12)15/h2-3,5,7-10,15H,4,6H2,1H3,(H,21,23)(H,24,25)/t15-/m1/s1. The van der Waals surface area contributed by atoms with Crippen LogP contribution in [-0.2, 0) is 6.42 Å². The highest BCUT2D eigenvalue weighted by atomic mass is 16.4. The van der Waals surface area contributed by atoms with Crippen LogP contribution in [0.3, 0.4) is 0 Å². The molecule has 0 radical (unpaired) electrons. The summed E-state index contributed by atoms with van der Waals surface area (Å²) < 4.78 is 1.79. The summed E-state index contributed by atoms with van der Waals surface area (Å²) in [5.74, 6) is -1.12. The minimum Gasteiger partial charge on any atom is -0.478 e. The zero-order valence-electron chi connectivity index (χ0n) is 13.7. The molecule has 1 aromatic carbocycles. The van der Waals surface area contributed by atoms with Crippen molar-refractivity contribution in [2.75, 3.05) is 0 Å². The molecule has 0 saturated carbocycles. The zero-order valence-corrected chi connectivity index (χ0v) is 13.7. The summed E-state index contributed by atoms with van der Waals surface area (Å²) in [6.45, 7) is 1.97. The van der Waals surface area contributed by atoms with Crippen LogP contribution < -0.4 is 5.32 Å². The molecule has 0 saturated heterocycles. The number of aromatic nitrogens is 2. The van der Waals surface area contributed by atoms with E-state index >= 15 is 0 Å². The van der Waals surface area contributed by atoms with Crippen molar-refractivity contribution in [2.45, 2.75) is 25.8 Å². The number of carboxylic acids is 1. The van der Waals surface area contributed by atoms with E-state index in [1.807, 2.05) is 25.3 Å². The Bertz CT molecular complexity index is 1010. The van der Waals surface area contributed by atoms with Crippen LogP contribution >= 0.6 is 0 Å². The lowest BCUT2D eigenvalue weighted by molar-refractivity contribution is 0.0696. The molecule has 1 aliphatic rings. The molecule has 0 spiro atoms. The number of carbonyl (C=O) groups is 2. The van der Waals surface area contributed by atoms with Gasteiger partial charge in [-0.3, -0.25) is 9.20 Å². The number of rotatable bonds is 3. The largest absolute Gasteiger partial charge is 0.478 e. The quantitative estimate of drug-likeness (QED) is 0.771. The number of carbonyl (C=O) groups excluding carboxylic acids is 1. The van der Waals surface area contributed by atoms with Crippen LogP contribution in [0.4, 0.5) is 0 Å². The first-order valence-corrected chi connectivity index (χ1v) is 8.13. The first kappa shape index (κ1) is 15.4. The molecular weight excluding hydrogens is 318 g/mol. The number of aryl methyl sites for hydroxylation is 2. The molecule has 3 aromatic rings. The minimum atomic E-state index is -0.934. The Morgan fingerprint density at radius 3 is 2.92 bits per heavy atom. The maximum Gasteiger partial charge on any atom is 0.335 e. The fraction of sp³-hybridized carbons (Fsp3) is 0.211. The Morgan fingerprint density at radius 2 is 2.12 bits per heavy atom. The Labute approximate surface area is 144 Å². The minimum absolute atomic E-state index is 0.110. The number of nitrogens with one attached hydrogen (secondary N) is 1. The predicted octanol–water partition coefficient (Wildman–Crippen LogP) is 2.76. The first-order valence-electron chi connectivity index (χ1n) is 8.13. The number of fused-ring (bicyclic) bond motifs is 2.